The van der Waals surface area contributed by atoms with Crippen molar-refractivity contribution < 1.29 is 14.0 Å². The summed E-state index contributed by atoms with van der Waals surface area (Å²) in [5.74, 6) is 3.53. The van der Waals surface area contributed by atoms with E-state index < -0.39 is 0 Å². The van der Waals surface area contributed by atoms with Crippen LogP contribution in [0.1, 0.15) is 37.4 Å². The molecule has 2 aromatic heterocycles. The number of nitrogens with one attached hydrogen (secondary N) is 1. The number of piperidine rings is 1. The van der Waals surface area contributed by atoms with Crippen molar-refractivity contribution in [3.63, 3.8) is 0 Å². The van der Waals surface area contributed by atoms with Gasteiger partial charge in [0.15, 0.2) is 17.3 Å². The van der Waals surface area contributed by atoms with Gasteiger partial charge in [-0.15, -0.1) is 0 Å². The highest BCUT2D eigenvalue weighted by Gasteiger charge is 2.36. The summed E-state index contributed by atoms with van der Waals surface area (Å²) >= 11 is 0. The van der Waals surface area contributed by atoms with Crippen LogP contribution in [0.25, 0.3) is 11.6 Å². The molecule has 1 N–H and O–H groups in total. The summed E-state index contributed by atoms with van der Waals surface area (Å²) in [4.78, 5) is 9.04. The number of fused-ring (bicyclic) bond motifs is 2. The Morgan fingerprint density at radius 3 is 2.54 bits per heavy atom. The second-order valence-corrected chi connectivity index (χ2v) is 7.40. The Balaban J connectivity index is 1.30. The third-order valence-electron chi connectivity index (χ3n) is 5.53. The van der Waals surface area contributed by atoms with E-state index in [4.69, 9.17) is 14.0 Å². The Labute approximate surface area is 163 Å². The molecule has 2 aliphatic heterocycles. The molecule has 5 rings (SSSR count). The van der Waals surface area contributed by atoms with Gasteiger partial charge in [0, 0.05) is 18.0 Å². The van der Waals surface area contributed by atoms with E-state index in [0.29, 0.717) is 46.8 Å². The number of rotatable bonds is 5. The van der Waals surface area contributed by atoms with E-state index in [-0.39, 0.29) is 0 Å². The van der Waals surface area contributed by atoms with Gasteiger partial charge >= 0.3 is 0 Å². The van der Waals surface area contributed by atoms with E-state index in [1.54, 1.807) is 13.3 Å². The molecular formula is C21H22N4O3. The van der Waals surface area contributed by atoms with Gasteiger partial charge in [0.05, 0.1) is 13.3 Å². The summed E-state index contributed by atoms with van der Waals surface area (Å²) in [7, 11) is 1.62. The first kappa shape index (κ1) is 17.2. The van der Waals surface area contributed by atoms with Gasteiger partial charge in [0.1, 0.15) is 11.4 Å². The van der Waals surface area contributed by atoms with Crippen LogP contribution in [-0.2, 0) is 0 Å². The lowest BCUT2D eigenvalue weighted by atomic mass is 9.92. The van der Waals surface area contributed by atoms with E-state index in [1.165, 1.54) is 12.8 Å². The number of methoxy groups -OCH3 is 1. The van der Waals surface area contributed by atoms with Crippen molar-refractivity contribution in [3.05, 3.63) is 48.4 Å². The molecule has 1 aromatic carbocycles. The van der Waals surface area contributed by atoms with Crippen molar-refractivity contribution >= 4 is 0 Å². The number of hydrogen-bond donors (Lipinski definition) is 1. The van der Waals surface area contributed by atoms with Crippen LogP contribution in [0.15, 0.2) is 47.1 Å². The fourth-order valence-electron chi connectivity index (χ4n) is 4.17. The van der Waals surface area contributed by atoms with E-state index >= 15 is 0 Å². The molecule has 4 heterocycles. The maximum Gasteiger partial charge on any atom is 0.276 e. The number of nitrogens with zero attached hydrogens (tertiary/aromatic N) is 3. The molecule has 0 spiro atoms. The van der Waals surface area contributed by atoms with Crippen LogP contribution in [-0.4, -0.2) is 34.3 Å². The molecule has 0 radical (unpaired) electrons. The molecule has 7 nitrogen and oxygen atoms in total. The molecule has 0 saturated carbocycles. The number of aromatic nitrogens is 3. The largest absolute Gasteiger partial charge is 0.493 e. The normalized spacial score (nSPS) is 23.5. The summed E-state index contributed by atoms with van der Waals surface area (Å²) in [5, 5.41) is 7.87. The van der Waals surface area contributed by atoms with E-state index in [2.05, 4.69) is 20.4 Å². The van der Waals surface area contributed by atoms with Crippen molar-refractivity contribution in [2.24, 2.45) is 0 Å². The number of benzene rings is 1. The molecule has 3 aromatic rings. The molecule has 7 heteroatoms. The predicted octanol–water partition coefficient (Wildman–Crippen LogP) is 3.93. The number of para-hydroxylation sites is 2. The Morgan fingerprint density at radius 1 is 1.04 bits per heavy atom. The number of pyridine rings is 1. The van der Waals surface area contributed by atoms with Gasteiger partial charge in [-0.05, 0) is 49.9 Å². The molecule has 2 atom stereocenters. The minimum absolute atomic E-state index is 0.365. The van der Waals surface area contributed by atoms with Crippen molar-refractivity contribution in [2.45, 2.75) is 43.7 Å². The molecule has 28 heavy (non-hydrogen) atoms. The van der Waals surface area contributed by atoms with Gasteiger partial charge in [0.25, 0.3) is 5.89 Å². The molecule has 144 valence electrons. The summed E-state index contributed by atoms with van der Waals surface area (Å²) < 4.78 is 16.7. The third-order valence-corrected chi connectivity index (χ3v) is 5.53. The summed E-state index contributed by atoms with van der Waals surface area (Å²) in [6, 6.07) is 12.3. The first-order chi connectivity index (χ1) is 13.8. The molecule has 2 saturated heterocycles. The molecule has 2 fully saturated rings. The van der Waals surface area contributed by atoms with Gasteiger partial charge in [0.2, 0.25) is 0 Å². The third kappa shape index (κ3) is 3.33. The van der Waals surface area contributed by atoms with Crippen molar-refractivity contribution in [2.75, 3.05) is 7.11 Å². The zero-order valence-electron chi connectivity index (χ0n) is 15.7. The Hall–Kier alpha value is -2.93. The maximum absolute atomic E-state index is 5.86. The maximum atomic E-state index is 5.86. The van der Waals surface area contributed by atoms with Gasteiger partial charge in [-0.1, -0.05) is 17.3 Å². The Morgan fingerprint density at radius 2 is 1.82 bits per heavy atom. The highest BCUT2D eigenvalue weighted by atomic mass is 16.5. The minimum Gasteiger partial charge on any atom is -0.493 e. The zero-order valence-corrected chi connectivity index (χ0v) is 15.7. The quantitative estimate of drug-likeness (QED) is 0.720. The monoisotopic (exact) mass is 378 g/mol. The highest BCUT2D eigenvalue weighted by molar-refractivity contribution is 5.49. The summed E-state index contributed by atoms with van der Waals surface area (Å²) in [6.45, 7) is 0. The summed E-state index contributed by atoms with van der Waals surface area (Å²) in [6.07, 6.45) is 6.31. The van der Waals surface area contributed by atoms with Gasteiger partial charge in [-0.3, -0.25) is 0 Å². The lowest BCUT2D eigenvalue weighted by Gasteiger charge is -2.26. The fraction of sp³-hybridized carbons (Fsp3) is 0.381. The van der Waals surface area contributed by atoms with E-state index in [9.17, 15) is 0 Å². The van der Waals surface area contributed by atoms with Gasteiger partial charge < -0.3 is 19.3 Å². The van der Waals surface area contributed by atoms with Gasteiger partial charge in [-0.2, -0.15) is 4.98 Å². The minimum atomic E-state index is 0.365. The summed E-state index contributed by atoms with van der Waals surface area (Å²) in [5.41, 5.74) is 0.642. The van der Waals surface area contributed by atoms with Crippen LogP contribution in [0.2, 0.25) is 0 Å². The van der Waals surface area contributed by atoms with Crippen LogP contribution in [0, 0.1) is 0 Å². The second-order valence-electron chi connectivity index (χ2n) is 7.40. The predicted molar refractivity (Wildman–Crippen MR) is 103 cm³/mol. The molecule has 0 amide bonds. The molecule has 0 aliphatic carbocycles. The smallest absolute Gasteiger partial charge is 0.276 e. The van der Waals surface area contributed by atoms with Crippen LogP contribution in [0.5, 0.6) is 17.2 Å². The molecule has 2 aliphatic rings. The molecule has 2 unspecified atom stereocenters. The topological polar surface area (TPSA) is 82.3 Å². The van der Waals surface area contributed by atoms with Crippen LogP contribution in [0.4, 0.5) is 0 Å². The van der Waals surface area contributed by atoms with Crippen LogP contribution >= 0.6 is 0 Å². The van der Waals surface area contributed by atoms with E-state index in [1.807, 2.05) is 36.4 Å². The van der Waals surface area contributed by atoms with Crippen LogP contribution < -0.4 is 14.8 Å². The van der Waals surface area contributed by atoms with Gasteiger partial charge in [-0.25, -0.2) is 4.98 Å². The zero-order chi connectivity index (χ0) is 18.9. The Bertz CT molecular complexity index is 944. The molecule has 2 bridgehead atoms. The lowest BCUT2D eigenvalue weighted by Crippen LogP contribution is -2.37. The second kappa shape index (κ2) is 7.24. The first-order valence-corrected chi connectivity index (χ1v) is 9.65. The van der Waals surface area contributed by atoms with Crippen molar-refractivity contribution in [3.8, 4) is 28.8 Å². The fourth-order valence-corrected chi connectivity index (χ4v) is 4.17. The first-order valence-electron chi connectivity index (χ1n) is 9.65. The van der Waals surface area contributed by atoms with E-state index in [0.717, 1.165) is 18.7 Å². The number of ether oxygens (including phenoxy) is 2. The average molecular weight is 378 g/mol. The lowest BCUT2D eigenvalue weighted by molar-refractivity contribution is 0.340. The van der Waals surface area contributed by atoms with Crippen molar-refractivity contribution in [1.29, 1.82) is 0 Å². The average Bonchev–Trinajstić information content (AvgIpc) is 3.36. The van der Waals surface area contributed by atoms with Crippen LogP contribution in [0.3, 0.4) is 0 Å². The SMILES string of the molecule is COc1ccccc1Oc1ccc(-c2nc(C3CC4CCC(C3)N4)no2)nc1. The highest BCUT2D eigenvalue weighted by Crippen LogP contribution is 2.36. The standard InChI is InChI=1S/C21H22N4O3/c1-26-18-4-2-3-5-19(18)27-16-8-9-17(22-12-16)21-24-20(25-28-21)13-10-14-6-7-15(11-13)23-14/h2-5,8-9,12-15,23H,6-7,10-11H2,1H3. The van der Waals surface area contributed by atoms with Crippen molar-refractivity contribution in [1.82, 2.24) is 20.4 Å². The molecular weight excluding hydrogens is 356 g/mol. The Kier molecular flexibility index (Phi) is 4.44. The number of hydrogen-bond acceptors (Lipinski definition) is 7.